The lowest BCUT2D eigenvalue weighted by Gasteiger charge is -2.19. The van der Waals surface area contributed by atoms with Crippen LogP contribution in [0.1, 0.15) is 13.8 Å². The molecule has 22 heavy (non-hydrogen) atoms. The molecule has 1 atom stereocenters. The monoisotopic (exact) mass is 309 g/mol. The van der Waals surface area contributed by atoms with Gasteiger partial charge in [-0.1, -0.05) is 12.1 Å². The largest absolute Gasteiger partial charge is 0.493 e. The Morgan fingerprint density at radius 2 is 1.95 bits per heavy atom. The van der Waals surface area contributed by atoms with Gasteiger partial charge in [-0.15, -0.1) is 0 Å². The first-order chi connectivity index (χ1) is 10.7. The van der Waals surface area contributed by atoms with Crippen LogP contribution in [0.3, 0.4) is 0 Å². The first-order valence-corrected chi connectivity index (χ1v) is 7.53. The standard InChI is InChI=1S/C16H27N3O3/c1-5-21-11-10-18-16(17-3)19-12-13(2)22-15-9-7-6-8-14(15)20-4/h6-9,13H,5,10-12H2,1-4H3,(H2,17,18,19). The van der Waals surface area contributed by atoms with Crippen LogP contribution < -0.4 is 20.1 Å². The number of rotatable bonds is 9. The molecule has 0 aliphatic heterocycles. The van der Waals surface area contributed by atoms with Crippen LogP contribution in [-0.2, 0) is 4.74 Å². The first-order valence-electron chi connectivity index (χ1n) is 7.53. The molecular formula is C16H27N3O3. The number of hydrogen-bond acceptors (Lipinski definition) is 4. The van der Waals surface area contributed by atoms with Gasteiger partial charge in [-0.05, 0) is 26.0 Å². The van der Waals surface area contributed by atoms with Crippen molar-refractivity contribution in [3.05, 3.63) is 24.3 Å². The van der Waals surface area contributed by atoms with Crippen LogP contribution >= 0.6 is 0 Å². The van der Waals surface area contributed by atoms with Gasteiger partial charge in [0.25, 0.3) is 0 Å². The minimum Gasteiger partial charge on any atom is -0.493 e. The van der Waals surface area contributed by atoms with E-state index in [1.54, 1.807) is 14.2 Å². The average Bonchev–Trinajstić information content (AvgIpc) is 2.54. The first kappa shape index (κ1) is 18.1. The van der Waals surface area contributed by atoms with E-state index in [0.29, 0.717) is 13.2 Å². The number of nitrogens with one attached hydrogen (secondary N) is 2. The van der Waals surface area contributed by atoms with E-state index in [1.807, 2.05) is 38.1 Å². The van der Waals surface area contributed by atoms with Gasteiger partial charge in [0.2, 0.25) is 0 Å². The Balaban J connectivity index is 2.36. The number of hydrogen-bond donors (Lipinski definition) is 2. The average molecular weight is 309 g/mol. The molecule has 0 radical (unpaired) electrons. The molecule has 1 aromatic carbocycles. The Bertz CT molecular complexity index is 452. The highest BCUT2D eigenvalue weighted by molar-refractivity contribution is 5.79. The van der Waals surface area contributed by atoms with Crippen molar-refractivity contribution in [2.75, 3.05) is 40.5 Å². The summed E-state index contributed by atoms with van der Waals surface area (Å²) in [4.78, 5) is 4.16. The number of methoxy groups -OCH3 is 1. The summed E-state index contributed by atoms with van der Waals surface area (Å²) in [5, 5.41) is 6.40. The summed E-state index contributed by atoms with van der Waals surface area (Å²) in [6.45, 7) is 6.69. The third-order valence-electron chi connectivity index (χ3n) is 2.92. The normalized spacial score (nSPS) is 12.6. The molecule has 0 fully saturated rings. The molecule has 6 nitrogen and oxygen atoms in total. The van der Waals surface area contributed by atoms with E-state index in [-0.39, 0.29) is 6.10 Å². The second-order valence-electron chi connectivity index (χ2n) is 4.66. The Hall–Kier alpha value is -1.95. The Morgan fingerprint density at radius 3 is 2.59 bits per heavy atom. The summed E-state index contributed by atoms with van der Waals surface area (Å²) in [7, 11) is 3.37. The molecule has 0 amide bonds. The van der Waals surface area contributed by atoms with Crippen LogP contribution in [0.4, 0.5) is 0 Å². The SMILES string of the molecule is CCOCCNC(=NC)NCC(C)Oc1ccccc1OC. The topological polar surface area (TPSA) is 64.1 Å². The molecule has 0 heterocycles. The van der Waals surface area contributed by atoms with Crippen LogP contribution in [0.5, 0.6) is 11.5 Å². The number of ether oxygens (including phenoxy) is 3. The number of benzene rings is 1. The molecule has 1 rings (SSSR count). The number of aliphatic imine (C=N–C) groups is 1. The molecule has 6 heteroatoms. The van der Waals surface area contributed by atoms with E-state index in [9.17, 15) is 0 Å². The number of guanidine groups is 1. The van der Waals surface area contributed by atoms with Crippen LogP contribution in [0.2, 0.25) is 0 Å². The van der Waals surface area contributed by atoms with Crippen molar-refractivity contribution in [3.63, 3.8) is 0 Å². The smallest absolute Gasteiger partial charge is 0.191 e. The van der Waals surface area contributed by atoms with Gasteiger partial charge < -0.3 is 24.8 Å². The quantitative estimate of drug-likeness (QED) is 0.413. The molecule has 0 spiro atoms. The zero-order valence-electron chi connectivity index (χ0n) is 13.9. The molecule has 124 valence electrons. The van der Waals surface area contributed by atoms with E-state index in [2.05, 4.69) is 15.6 Å². The number of para-hydroxylation sites is 2. The Labute approximate surface area is 132 Å². The van der Waals surface area contributed by atoms with Gasteiger partial charge >= 0.3 is 0 Å². The minimum absolute atomic E-state index is 0.0262. The van der Waals surface area contributed by atoms with Crippen molar-refractivity contribution in [3.8, 4) is 11.5 Å². The predicted octanol–water partition coefficient (Wildman–Crippen LogP) is 1.66. The Morgan fingerprint density at radius 1 is 1.23 bits per heavy atom. The van der Waals surface area contributed by atoms with Gasteiger partial charge in [0.1, 0.15) is 6.10 Å². The second-order valence-corrected chi connectivity index (χ2v) is 4.66. The van der Waals surface area contributed by atoms with Crippen molar-refractivity contribution in [2.24, 2.45) is 4.99 Å². The Kier molecular flexibility index (Phi) is 8.83. The summed E-state index contributed by atoms with van der Waals surface area (Å²) >= 11 is 0. The zero-order valence-corrected chi connectivity index (χ0v) is 13.9. The highest BCUT2D eigenvalue weighted by Gasteiger charge is 2.09. The van der Waals surface area contributed by atoms with E-state index in [4.69, 9.17) is 14.2 Å². The van der Waals surface area contributed by atoms with E-state index in [0.717, 1.165) is 30.6 Å². The molecule has 0 saturated heterocycles. The van der Waals surface area contributed by atoms with Crippen LogP contribution in [-0.4, -0.2) is 52.5 Å². The van der Waals surface area contributed by atoms with E-state index >= 15 is 0 Å². The van der Waals surface area contributed by atoms with Gasteiger partial charge in [0.05, 0.1) is 20.3 Å². The molecule has 1 unspecified atom stereocenters. The maximum absolute atomic E-state index is 5.88. The number of nitrogens with zero attached hydrogens (tertiary/aromatic N) is 1. The fourth-order valence-electron chi connectivity index (χ4n) is 1.82. The van der Waals surface area contributed by atoms with Gasteiger partial charge in [-0.25, -0.2) is 0 Å². The van der Waals surface area contributed by atoms with Crippen LogP contribution in [0.15, 0.2) is 29.3 Å². The third kappa shape index (κ3) is 6.67. The summed E-state index contributed by atoms with van der Waals surface area (Å²) in [5.41, 5.74) is 0. The van der Waals surface area contributed by atoms with Crippen LogP contribution in [0.25, 0.3) is 0 Å². The van der Waals surface area contributed by atoms with Gasteiger partial charge in [-0.3, -0.25) is 4.99 Å². The summed E-state index contributed by atoms with van der Waals surface area (Å²) < 4.78 is 16.4. The van der Waals surface area contributed by atoms with Gasteiger partial charge in [0.15, 0.2) is 17.5 Å². The lowest BCUT2D eigenvalue weighted by atomic mass is 10.3. The summed E-state index contributed by atoms with van der Waals surface area (Å²) in [6, 6.07) is 7.61. The van der Waals surface area contributed by atoms with Crippen molar-refractivity contribution in [1.29, 1.82) is 0 Å². The molecule has 0 bridgehead atoms. The van der Waals surface area contributed by atoms with E-state index < -0.39 is 0 Å². The minimum atomic E-state index is -0.0262. The lowest BCUT2D eigenvalue weighted by molar-refractivity contribution is 0.152. The van der Waals surface area contributed by atoms with Crippen LogP contribution in [0, 0.1) is 0 Å². The molecular weight excluding hydrogens is 282 g/mol. The summed E-state index contributed by atoms with van der Waals surface area (Å²) in [5.74, 6) is 2.20. The van der Waals surface area contributed by atoms with Gasteiger partial charge in [-0.2, -0.15) is 0 Å². The highest BCUT2D eigenvalue weighted by Crippen LogP contribution is 2.26. The molecule has 0 saturated carbocycles. The highest BCUT2D eigenvalue weighted by atomic mass is 16.5. The van der Waals surface area contributed by atoms with Gasteiger partial charge in [0, 0.05) is 20.2 Å². The van der Waals surface area contributed by atoms with E-state index in [1.165, 1.54) is 0 Å². The molecule has 0 aliphatic rings. The third-order valence-corrected chi connectivity index (χ3v) is 2.92. The molecule has 0 aliphatic carbocycles. The maximum Gasteiger partial charge on any atom is 0.191 e. The fraction of sp³-hybridized carbons (Fsp3) is 0.562. The molecule has 2 N–H and O–H groups in total. The predicted molar refractivity (Wildman–Crippen MR) is 88.9 cm³/mol. The fourth-order valence-corrected chi connectivity index (χ4v) is 1.82. The molecule has 1 aromatic rings. The van der Waals surface area contributed by atoms with Crippen molar-refractivity contribution >= 4 is 5.96 Å². The summed E-state index contributed by atoms with van der Waals surface area (Å²) in [6.07, 6.45) is -0.0262. The zero-order chi connectivity index (χ0) is 16.2. The van der Waals surface area contributed by atoms with Crippen molar-refractivity contribution in [2.45, 2.75) is 20.0 Å². The van der Waals surface area contributed by atoms with Crippen molar-refractivity contribution < 1.29 is 14.2 Å². The maximum atomic E-state index is 5.88. The lowest BCUT2D eigenvalue weighted by Crippen LogP contribution is -2.42. The molecule has 0 aromatic heterocycles. The van der Waals surface area contributed by atoms with Crippen molar-refractivity contribution in [1.82, 2.24) is 10.6 Å². The second kappa shape index (κ2) is 10.7.